The Morgan fingerprint density at radius 1 is 1.24 bits per heavy atom. The Hall–Kier alpha value is -1.79. The van der Waals surface area contributed by atoms with E-state index in [-0.39, 0.29) is 12.1 Å². The molecule has 0 saturated carbocycles. The van der Waals surface area contributed by atoms with E-state index in [1.165, 1.54) is 6.42 Å². The smallest absolute Gasteiger partial charge is 0.321 e. The van der Waals surface area contributed by atoms with Crippen LogP contribution >= 0.6 is 23.2 Å². The number of rotatable bonds is 7. The Kier molecular flexibility index (Phi) is 8.19. The average Bonchev–Trinajstić information content (AvgIpc) is 2.72. The highest BCUT2D eigenvalue weighted by molar-refractivity contribution is 6.42. The summed E-state index contributed by atoms with van der Waals surface area (Å²) in [6.45, 7) is 2.26. The lowest BCUT2D eigenvalue weighted by molar-refractivity contribution is -0.0447. The number of benzene rings is 2. The van der Waals surface area contributed by atoms with Gasteiger partial charge in [-0.1, -0.05) is 47.5 Å². The fourth-order valence-electron chi connectivity index (χ4n) is 3.20. The first-order chi connectivity index (χ1) is 14.0. The van der Waals surface area contributed by atoms with Crippen LogP contribution in [0.3, 0.4) is 0 Å². The number of urea groups is 1. The van der Waals surface area contributed by atoms with Crippen LogP contribution < -0.4 is 5.32 Å². The predicted molar refractivity (Wildman–Crippen MR) is 117 cm³/mol. The fourth-order valence-corrected chi connectivity index (χ4v) is 3.58. The van der Waals surface area contributed by atoms with Gasteiger partial charge in [-0.15, -0.1) is 0 Å². The van der Waals surface area contributed by atoms with Crippen LogP contribution in [0.15, 0.2) is 42.5 Å². The lowest BCUT2D eigenvalue weighted by Gasteiger charge is -2.22. The highest BCUT2D eigenvalue weighted by Gasteiger charge is 2.15. The average molecular weight is 437 g/mol. The minimum atomic E-state index is -0.227. The maximum Gasteiger partial charge on any atom is 0.321 e. The molecule has 1 atom stereocenters. The fraction of sp³-hybridized carbons (Fsp3) is 0.409. The highest BCUT2D eigenvalue weighted by Crippen LogP contribution is 2.26. The van der Waals surface area contributed by atoms with Gasteiger partial charge in [0.05, 0.1) is 29.4 Å². The minimum absolute atomic E-state index is 0.193. The lowest BCUT2D eigenvalue weighted by atomic mass is 10.1. The zero-order valence-electron chi connectivity index (χ0n) is 16.5. The molecular formula is C22H26Cl2N2O3. The third-order valence-corrected chi connectivity index (χ3v) is 5.67. The molecule has 0 aromatic heterocycles. The summed E-state index contributed by atoms with van der Waals surface area (Å²) in [6, 6.07) is 12.8. The van der Waals surface area contributed by atoms with Crippen LogP contribution in [0, 0.1) is 0 Å². The van der Waals surface area contributed by atoms with Crippen molar-refractivity contribution in [2.75, 3.05) is 25.6 Å². The zero-order valence-corrected chi connectivity index (χ0v) is 18.0. The summed E-state index contributed by atoms with van der Waals surface area (Å²) in [5.74, 6) is 0. The molecule has 1 aliphatic heterocycles. The van der Waals surface area contributed by atoms with E-state index in [1.807, 2.05) is 36.4 Å². The first-order valence-corrected chi connectivity index (χ1v) is 10.5. The number of carbonyl (C=O) groups is 1. The number of anilines is 1. The minimum Gasteiger partial charge on any atom is -0.376 e. The van der Waals surface area contributed by atoms with Crippen LogP contribution in [0.25, 0.3) is 0 Å². The van der Waals surface area contributed by atoms with Crippen LogP contribution in [0.5, 0.6) is 0 Å². The SMILES string of the molecule is CN(Cc1cccc(Cl)c1Cl)C(=O)Nc1cccc(COCC2CCCCO2)c1. The number of hydrogen-bond donors (Lipinski definition) is 1. The Balaban J connectivity index is 1.50. The number of nitrogens with one attached hydrogen (secondary N) is 1. The van der Waals surface area contributed by atoms with E-state index in [0.29, 0.717) is 35.5 Å². The molecule has 5 nitrogen and oxygen atoms in total. The molecule has 1 fully saturated rings. The van der Waals surface area contributed by atoms with Gasteiger partial charge in [-0.3, -0.25) is 0 Å². The summed E-state index contributed by atoms with van der Waals surface area (Å²) in [4.78, 5) is 14.1. The van der Waals surface area contributed by atoms with Gasteiger partial charge in [0.2, 0.25) is 0 Å². The van der Waals surface area contributed by atoms with E-state index in [4.69, 9.17) is 32.7 Å². The maximum absolute atomic E-state index is 12.5. The van der Waals surface area contributed by atoms with Crippen LogP contribution in [0.4, 0.5) is 10.5 Å². The van der Waals surface area contributed by atoms with Crippen LogP contribution in [-0.4, -0.2) is 37.3 Å². The summed E-state index contributed by atoms with van der Waals surface area (Å²) < 4.78 is 11.5. The van der Waals surface area contributed by atoms with Gasteiger partial charge in [0.15, 0.2) is 0 Å². The molecule has 0 spiro atoms. The molecule has 7 heteroatoms. The summed E-state index contributed by atoms with van der Waals surface area (Å²) in [5, 5.41) is 3.85. The van der Waals surface area contributed by atoms with Gasteiger partial charge in [0.1, 0.15) is 0 Å². The molecule has 29 heavy (non-hydrogen) atoms. The van der Waals surface area contributed by atoms with Gasteiger partial charge in [0, 0.05) is 25.9 Å². The Bertz CT molecular complexity index is 825. The van der Waals surface area contributed by atoms with E-state index in [1.54, 1.807) is 18.0 Å². The third kappa shape index (κ3) is 6.61. The molecule has 2 amide bonds. The number of amides is 2. The Labute approximate surface area is 181 Å². The van der Waals surface area contributed by atoms with Gasteiger partial charge >= 0.3 is 6.03 Å². The van der Waals surface area contributed by atoms with Gasteiger partial charge in [-0.05, 0) is 48.6 Å². The van der Waals surface area contributed by atoms with E-state index < -0.39 is 0 Å². The number of ether oxygens (including phenoxy) is 2. The molecule has 0 aliphatic carbocycles. The number of carbonyl (C=O) groups excluding carboxylic acids is 1. The molecule has 2 aromatic carbocycles. The van der Waals surface area contributed by atoms with Crippen molar-refractivity contribution in [1.29, 1.82) is 0 Å². The zero-order chi connectivity index (χ0) is 20.6. The van der Waals surface area contributed by atoms with Gasteiger partial charge < -0.3 is 19.7 Å². The second kappa shape index (κ2) is 10.8. The first-order valence-electron chi connectivity index (χ1n) is 9.76. The standard InChI is InChI=1S/C22H26Cl2N2O3/c1-26(13-17-7-5-10-20(23)21(17)24)22(27)25-18-8-4-6-16(12-18)14-28-15-19-9-2-3-11-29-19/h4-8,10,12,19H,2-3,9,11,13-15H2,1H3,(H,25,27). The topological polar surface area (TPSA) is 50.8 Å². The second-order valence-corrected chi connectivity index (χ2v) is 7.99. The molecule has 0 bridgehead atoms. The Morgan fingerprint density at radius 3 is 2.86 bits per heavy atom. The second-order valence-electron chi connectivity index (χ2n) is 7.20. The molecule has 1 aliphatic rings. The number of halogens is 2. The van der Waals surface area contributed by atoms with E-state index >= 15 is 0 Å². The van der Waals surface area contributed by atoms with Crippen molar-refractivity contribution < 1.29 is 14.3 Å². The molecule has 1 saturated heterocycles. The first kappa shape index (κ1) is 21.9. The van der Waals surface area contributed by atoms with Crippen LogP contribution in [0.2, 0.25) is 10.0 Å². The van der Waals surface area contributed by atoms with Gasteiger partial charge in [-0.25, -0.2) is 4.79 Å². The lowest BCUT2D eigenvalue weighted by Crippen LogP contribution is -2.31. The molecular weight excluding hydrogens is 411 g/mol. The normalized spacial score (nSPS) is 16.4. The van der Waals surface area contributed by atoms with Crippen molar-refractivity contribution in [2.24, 2.45) is 0 Å². The third-order valence-electron chi connectivity index (χ3n) is 4.81. The van der Waals surface area contributed by atoms with Crippen molar-refractivity contribution in [3.63, 3.8) is 0 Å². The number of nitrogens with zero attached hydrogens (tertiary/aromatic N) is 1. The molecule has 156 valence electrons. The van der Waals surface area contributed by atoms with Crippen LogP contribution in [-0.2, 0) is 22.6 Å². The summed E-state index contributed by atoms with van der Waals surface area (Å²) in [5.41, 5.74) is 2.51. The quantitative estimate of drug-likeness (QED) is 0.601. The predicted octanol–water partition coefficient (Wildman–Crippen LogP) is 5.74. The monoisotopic (exact) mass is 436 g/mol. The van der Waals surface area contributed by atoms with Gasteiger partial charge in [-0.2, -0.15) is 0 Å². The molecule has 1 heterocycles. The van der Waals surface area contributed by atoms with Crippen molar-refractivity contribution in [1.82, 2.24) is 4.90 Å². The van der Waals surface area contributed by atoms with Crippen molar-refractivity contribution in [3.05, 3.63) is 63.6 Å². The molecule has 1 unspecified atom stereocenters. The van der Waals surface area contributed by atoms with E-state index in [2.05, 4.69) is 5.32 Å². The van der Waals surface area contributed by atoms with Crippen molar-refractivity contribution in [2.45, 2.75) is 38.5 Å². The van der Waals surface area contributed by atoms with Crippen molar-refractivity contribution in [3.8, 4) is 0 Å². The highest BCUT2D eigenvalue weighted by atomic mass is 35.5. The molecule has 3 rings (SSSR count). The maximum atomic E-state index is 12.5. The molecule has 2 aromatic rings. The molecule has 0 radical (unpaired) electrons. The van der Waals surface area contributed by atoms with E-state index in [0.717, 1.165) is 30.6 Å². The van der Waals surface area contributed by atoms with E-state index in [9.17, 15) is 4.79 Å². The number of hydrogen-bond acceptors (Lipinski definition) is 3. The van der Waals surface area contributed by atoms with Crippen LogP contribution in [0.1, 0.15) is 30.4 Å². The summed E-state index contributed by atoms with van der Waals surface area (Å²) in [6.07, 6.45) is 3.58. The largest absolute Gasteiger partial charge is 0.376 e. The molecule has 1 N–H and O–H groups in total. The Morgan fingerprint density at radius 2 is 2.07 bits per heavy atom. The summed E-state index contributed by atoms with van der Waals surface area (Å²) >= 11 is 12.3. The summed E-state index contributed by atoms with van der Waals surface area (Å²) in [7, 11) is 1.71. The van der Waals surface area contributed by atoms with Crippen molar-refractivity contribution >= 4 is 34.9 Å². The van der Waals surface area contributed by atoms with Gasteiger partial charge in [0.25, 0.3) is 0 Å².